The minimum atomic E-state index is -0.122. The molecule has 2 heterocycles. The van der Waals surface area contributed by atoms with Gasteiger partial charge < -0.3 is 5.32 Å². The molecular formula is C23H19N3OS. The number of rotatable bonds is 5. The van der Waals surface area contributed by atoms with Gasteiger partial charge in [0.2, 0.25) is 0 Å². The largest absolute Gasteiger partial charge is 0.322 e. The summed E-state index contributed by atoms with van der Waals surface area (Å²) in [6.45, 7) is 1.97. The monoisotopic (exact) mass is 385 g/mol. The number of aryl methyl sites for hydroxylation is 1. The Morgan fingerprint density at radius 2 is 1.96 bits per heavy atom. The van der Waals surface area contributed by atoms with Crippen molar-refractivity contribution in [3.05, 3.63) is 95.9 Å². The second-order valence-electron chi connectivity index (χ2n) is 6.49. The number of hydrogen-bond donors (Lipinski definition) is 1. The van der Waals surface area contributed by atoms with Crippen molar-refractivity contribution in [2.24, 2.45) is 0 Å². The van der Waals surface area contributed by atoms with Gasteiger partial charge in [0.1, 0.15) is 0 Å². The van der Waals surface area contributed by atoms with Crippen molar-refractivity contribution in [2.75, 3.05) is 5.32 Å². The third-order valence-electron chi connectivity index (χ3n) is 4.31. The Morgan fingerprint density at radius 1 is 1.04 bits per heavy atom. The zero-order valence-corrected chi connectivity index (χ0v) is 16.2. The van der Waals surface area contributed by atoms with Gasteiger partial charge in [-0.25, -0.2) is 0 Å². The summed E-state index contributed by atoms with van der Waals surface area (Å²) in [5.74, 6) is 0.693. The van der Waals surface area contributed by atoms with Gasteiger partial charge in [-0.1, -0.05) is 18.2 Å². The average molecular weight is 385 g/mol. The molecule has 138 valence electrons. The molecule has 0 saturated carbocycles. The van der Waals surface area contributed by atoms with E-state index in [1.54, 1.807) is 18.0 Å². The van der Waals surface area contributed by atoms with E-state index in [4.69, 9.17) is 0 Å². The average Bonchev–Trinajstić information content (AvgIpc) is 2.73. The van der Waals surface area contributed by atoms with Crippen molar-refractivity contribution in [1.29, 1.82) is 0 Å². The molecule has 4 nitrogen and oxygen atoms in total. The van der Waals surface area contributed by atoms with Crippen LogP contribution in [0.25, 0.3) is 10.9 Å². The molecule has 0 aliphatic rings. The molecule has 1 N–H and O–H groups in total. The number of pyridine rings is 2. The first kappa shape index (κ1) is 18.2. The number of amides is 1. The molecule has 4 rings (SSSR count). The molecule has 0 spiro atoms. The third-order valence-corrected chi connectivity index (χ3v) is 5.38. The highest BCUT2D eigenvalue weighted by Crippen LogP contribution is 2.24. The van der Waals surface area contributed by atoms with Gasteiger partial charge in [0.25, 0.3) is 5.91 Å². The standard InChI is InChI=1S/C23H19N3OS/c1-16-7-8-18-12-20(9-10-22(18)25-16)26-23(27)19-5-2-6-21(13-19)28-15-17-4-3-11-24-14-17/h2-14H,15H2,1H3,(H,26,27). The molecule has 4 aromatic rings. The predicted molar refractivity (Wildman–Crippen MR) is 115 cm³/mol. The van der Waals surface area contributed by atoms with Gasteiger partial charge in [0.05, 0.1) is 5.52 Å². The van der Waals surface area contributed by atoms with Crippen molar-refractivity contribution < 1.29 is 4.79 Å². The molecule has 5 heteroatoms. The summed E-state index contributed by atoms with van der Waals surface area (Å²) in [4.78, 5) is 22.4. The molecule has 0 unspecified atom stereocenters. The molecule has 0 atom stereocenters. The molecule has 0 bridgehead atoms. The fourth-order valence-corrected chi connectivity index (χ4v) is 3.77. The maximum absolute atomic E-state index is 12.7. The lowest BCUT2D eigenvalue weighted by atomic mass is 10.1. The van der Waals surface area contributed by atoms with Crippen LogP contribution in [-0.4, -0.2) is 15.9 Å². The first-order valence-electron chi connectivity index (χ1n) is 8.98. The Hall–Kier alpha value is -3.18. The number of aromatic nitrogens is 2. The predicted octanol–water partition coefficient (Wildman–Crippen LogP) is 5.48. The molecule has 2 aromatic carbocycles. The highest BCUT2D eigenvalue weighted by atomic mass is 32.2. The third kappa shape index (κ3) is 4.38. The Labute approximate surface area is 168 Å². The molecule has 1 amide bonds. The summed E-state index contributed by atoms with van der Waals surface area (Å²) in [7, 11) is 0. The van der Waals surface area contributed by atoms with Crippen LogP contribution in [0.4, 0.5) is 5.69 Å². The van der Waals surface area contributed by atoms with Crippen LogP contribution in [0.15, 0.2) is 84.0 Å². The van der Waals surface area contributed by atoms with Crippen molar-refractivity contribution in [3.8, 4) is 0 Å². The van der Waals surface area contributed by atoms with Crippen LogP contribution in [0, 0.1) is 6.92 Å². The fourth-order valence-electron chi connectivity index (χ4n) is 2.89. The van der Waals surface area contributed by atoms with E-state index in [1.165, 1.54) is 0 Å². The SMILES string of the molecule is Cc1ccc2cc(NC(=O)c3cccc(SCc4cccnc4)c3)ccc2n1. The number of hydrogen-bond acceptors (Lipinski definition) is 4. The lowest BCUT2D eigenvalue weighted by Crippen LogP contribution is -2.11. The zero-order chi connectivity index (χ0) is 19.3. The van der Waals surface area contributed by atoms with E-state index in [0.29, 0.717) is 5.56 Å². The van der Waals surface area contributed by atoms with Crippen molar-refractivity contribution in [2.45, 2.75) is 17.6 Å². The Balaban J connectivity index is 1.46. The molecule has 0 aliphatic heterocycles. The van der Waals surface area contributed by atoms with E-state index in [0.717, 1.165) is 38.5 Å². The number of carbonyl (C=O) groups excluding carboxylic acids is 1. The van der Waals surface area contributed by atoms with Gasteiger partial charge >= 0.3 is 0 Å². The molecule has 2 aromatic heterocycles. The number of carbonyl (C=O) groups is 1. The molecule has 28 heavy (non-hydrogen) atoms. The van der Waals surface area contributed by atoms with Crippen molar-refractivity contribution in [1.82, 2.24) is 9.97 Å². The Morgan fingerprint density at radius 3 is 2.82 bits per heavy atom. The van der Waals surface area contributed by atoms with E-state index in [1.807, 2.05) is 79.9 Å². The van der Waals surface area contributed by atoms with Gasteiger partial charge in [0.15, 0.2) is 0 Å². The number of nitrogens with one attached hydrogen (secondary N) is 1. The first-order chi connectivity index (χ1) is 13.7. The molecule has 0 radical (unpaired) electrons. The van der Waals surface area contributed by atoms with Crippen LogP contribution in [0.3, 0.4) is 0 Å². The van der Waals surface area contributed by atoms with Gasteiger partial charge in [-0.05, 0) is 61.0 Å². The summed E-state index contributed by atoms with van der Waals surface area (Å²) in [6.07, 6.45) is 3.63. The first-order valence-corrected chi connectivity index (χ1v) is 9.96. The van der Waals surface area contributed by atoms with E-state index in [2.05, 4.69) is 15.3 Å². The van der Waals surface area contributed by atoms with Gasteiger partial charge in [-0.2, -0.15) is 0 Å². The Kier molecular flexibility index (Phi) is 5.35. The summed E-state index contributed by atoms with van der Waals surface area (Å²) >= 11 is 1.69. The second-order valence-corrected chi connectivity index (χ2v) is 7.54. The van der Waals surface area contributed by atoms with E-state index in [9.17, 15) is 4.79 Å². The highest BCUT2D eigenvalue weighted by Gasteiger charge is 2.08. The molecule has 0 aliphatic carbocycles. The maximum atomic E-state index is 12.7. The number of benzene rings is 2. The summed E-state index contributed by atoms with van der Waals surface area (Å²) < 4.78 is 0. The van der Waals surface area contributed by atoms with E-state index < -0.39 is 0 Å². The van der Waals surface area contributed by atoms with Crippen LogP contribution in [-0.2, 0) is 5.75 Å². The normalized spacial score (nSPS) is 10.8. The number of fused-ring (bicyclic) bond motifs is 1. The second kappa shape index (κ2) is 8.23. The zero-order valence-electron chi connectivity index (χ0n) is 15.4. The van der Waals surface area contributed by atoms with Crippen molar-refractivity contribution in [3.63, 3.8) is 0 Å². The minimum absolute atomic E-state index is 0.122. The van der Waals surface area contributed by atoms with E-state index >= 15 is 0 Å². The summed E-state index contributed by atoms with van der Waals surface area (Å²) in [6, 6.07) is 21.4. The summed E-state index contributed by atoms with van der Waals surface area (Å²) in [5, 5.41) is 3.98. The van der Waals surface area contributed by atoms with Crippen LogP contribution < -0.4 is 5.32 Å². The number of anilines is 1. The topological polar surface area (TPSA) is 54.9 Å². The van der Waals surface area contributed by atoms with Gasteiger partial charge in [-0.3, -0.25) is 14.8 Å². The van der Waals surface area contributed by atoms with Crippen LogP contribution in [0.1, 0.15) is 21.6 Å². The van der Waals surface area contributed by atoms with Crippen LogP contribution in [0.2, 0.25) is 0 Å². The fraction of sp³-hybridized carbons (Fsp3) is 0.0870. The highest BCUT2D eigenvalue weighted by molar-refractivity contribution is 7.98. The van der Waals surface area contributed by atoms with Gasteiger partial charge in [-0.15, -0.1) is 11.8 Å². The lowest BCUT2D eigenvalue weighted by Gasteiger charge is -2.08. The quantitative estimate of drug-likeness (QED) is 0.462. The molecule has 0 saturated heterocycles. The van der Waals surface area contributed by atoms with Crippen LogP contribution in [0.5, 0.6) is 0 Å². The van der Waals surface area contributed by atoms with Crippen LogP contribution >= 0.6 is 11.8 Å². The lowest BCUT2D eigenvalue weighted by molar-refractivity contribution is 0.102. The number of thioether (sulfide) groups is 1. The maximum Gasteiger partial charge on any atom is 0.255 e. The number of nitrogens with zero attached hydrogens (tertiary/aromatic N) is 2. The molecular weight excluding hydrogens is 366 g/mol. The van der Waals surface area contributed by atoms with Gasteiger partial charge in [0, 0.05) is 45.4 Å². The summed E-state index contributed by atoms with van der Waals surface area (Å²) in [5.41, 5.74) is 4.45. The van der Waals surface area contributed by atoms with Crippen molar-refractivity contribution >= 4 is 34.3 Å². The van der Waals surface area contributed by atoms with E-state index in [-0.39, 0.29) is 5.91 Å². The molecule has 0 fully saturated rings. The Bertz CT molecular complexity index is 1130. The minimum Gasteiger partial charge on any atom is -0.322 e. The smallest absolute Gasteiger partial charge is 0.255 e.